The summed E-state index contributed by atoms with van der Waals surface area (Å²) in [6.45, 7) is 4.24. The minimum absolute atomic E-state index is 0.145. The fourth-order valence-corrected chi connectivity index (χ4v) is 1.40. The quantitative estimate of drug-likeness (QED) is 0.795. The highest BCUT2D eigenvalue weighted by molar-refractivity contribution is 5.84. The van der Waals surface area contributed by atoms with E-state index in [1.807, 2.05) is 24.3 Å². The Morgan fingerprint density at radius 3 is 2.84 bits per heavy atom. The Morgan fingerprint density at radius 1 is 1.47 bits per heavy atom. The van der Waals surface area contributed by atoms with E-state index in [2.05, 4.69) is 17.2 Å². The fourth-order valence-electron chi connectivity index (χ4n) is 1.40. The number of benzene rings is 1. The van der Waals surface area contributed by atoms with E-state index >= 15 is 0 Å². The first-order chi connectivity index (χ1) is 8.99. The lowest BCUT2D eigenvalue weighted by Crippen LogP contribution is -2.43. The highest BCUT2D eigenvalue weighted by atomic mass is 16.5. The maximum atomic E-state index is 11.8. The van der Waals surface area contributed by atoms with Crippen LogP contribution in [0.4, 0.5) is 0 Å². The largest absolute Gasteiger partial charge is 0.369 e. The molecule has 0 aliphatic carbocycles. The fraction of sp³-hybridized carbons (Fsp3) is 0.400. The number of amides is 1. The predicted octanol–water partition coefficient (Wildman–Crippen LogP) is 1.04. The van der Waals surface area contributed by atoms with Crippen LogP contribution in [0, 0.1) is 11.8 Å². The highest BCUT2D eigenvalue weighted by Crippen LogP contribution is 2.08. The molecule has 102 valence electrons. The number of ether oxygens (including phenoxy) is 1. The molecule has 19 heavy (non-hydrogen) atoms. The van der Waals surface area contributed by atoms with Crippen LogP contribution >= 0.6 is 0 Å². The number of carbonyl (C=O) groups is 1. The van der Waals surface area contributed by atoms with Crippen molar-refractivity contribution < 1.29 is 9.53 Å². The van der Waals surface area contributed by atoms with Crippen LogP contribution in [0.15, 0.2) is 24.3 Å². The van der Waals surface area contributed by atoms with Gasteiger partial charge in [-0.2, -0.15) is 0 Å². The minimum atomic E-state index is -0.822. The Bertz CT molecular complexity index is 498. The van der Waals surface area contributed by atoms with Crippen molar-refractivity contribution in [1.82, 2.24) is 5.32 Å². The van der Waals surface area contributed by atoms with E-state index in [1.54, 1.807) is 13.8 Å². The molecule has 0 aliphatic heterocycles. The second-order valence-electron chi connectivity index (χ2n) is 4.60. The van der Waals surface area contributed by atoms with Gasteiger partial charge in [0.25, 0.3) is 5.91 Å². The van der Waals surface area contributed by atoms with Crippen molar-refractivity contribution in [2.45, 2.75) is 26.0 Å². The van der Waals surface area contributed by atoms with Crippen LogP contribution in [0.25, 0.3) is 0 Å². The van der Waals surface area contributed by atoms with Gasteiger partial charge in [0.1, 0.15) is 5.60 Å². The molecule has 0 saturated carbocycles. The zero-order chi connectivity index (χ0) is 14.3. The summed E-state index contributed by atoms with van der Waals surface area (Å²) in [4.78, 5) is 11.8. The van der Waals surface area contributed by atoms with Gasteiger partial charge in [0.2, 0.25) is 0 Å². The van der Waals surface area contributed by atoms with Gasteiger partial charge in [-0.05, 0) is 31.5 Å². The average Bonchev–Trinajstić information content (AvgIpc) is 2.42. The lowest BCUT2D eigenvalue weighted by Gasteiger charge is -2.21. The van der Waals surface area contributed by atoms with Gasteiger partial charge < -0.3 is 15.8 Å². The Kier molecular flexibility index (Phi) is 5.56. The second-order valence-corrected chi connectivity index (χ2v) is 4.60. The number of hydrogen-bond donors (Lipinski definition) is 2. The Hall–Kier alpha value is -1.83. The smallest absolute Gasteiger partial charge is 0.251 e. The van der Waals surface area contributed by atoms with Crippen LogP contribution in [0.2, 0.25) is 0 Å². The molecule has 0 bridgehead atoms. The minimum Gasteiger partial charge on any atom is -0.369 e. The number of nitrogens with two attached hydrogens (primary N) is 1. The van der Waals surface area contributed by atoms with Gasteiger partial charge in [-0.25, -0.2) is 0 Å². The van der Waals surface area contributed by atoms with E-state index in [-0.39, 0.29) is 5.91 Å². The number of rotatable bonds is 4. The SMILES string of the molecule is COC(C)(C)C(=O)NCc1cccc(C#CCN)c1. The molecular weight excluding hydrogens is 240 g/mol. The van der Waals surface area contributed by atoms with Crippen molar-refractivity contribution in [3.8, 4) is 11.8 Å². The third kappa shape index (κ3) is 4.74. The van der Waals surface area contributed by atoms with E-state index < -0.39 is 5.60 Å². The number of nitrogens with one attached hydrogen (secondary N) is 1. The standard InChI is InChI=1S/C15H20N2O2/c1-15(2,19-3)14(18)17-11-13-7-4-6-12(10-13)8-5-9-16/h4,6-7,10H,9,11,16H2,1-3H3,(H,17,18). The Balaban J connectivity index is 2.66. The highest BCUT2D eigenvalue weighted by Gasteiger charge is 2.26. The molecule has 0 aliphatic rings. The van der Waals surface area contributed by atoms with Gasteiger partial charge in [0.15, 0.2) is 0 Å². The maximum absolute atomic E-state index is 11.8. The topological polar surface area (TPSA) is 64.3 Å². The molecule has 0 heterocycles. The molecule has 4 heteroatoms. The number of carbonyl (C=O) groups excluding carboxylic acids is 1. The van der Waals surface area contributed by atoms with E-state index in [1.165, 1.54) is 7.11 Å². The van der Waals surface area contributed by atoms with E-state index in [4.69, 9.17) is 10.5 Å². The van der Waals surface area contributed by atoms with Crippen LogP contribution in [0.3, 0.4) is 0 Å². The van der Waals surface area contributed by atoms with Crippen molar-refractivity contribution in [3.63, 3.8) is 0 Å². The van der Waals surface area contributed by atoms with Crippen LogP contribution in [-0.4, -0.2) is 25.2 Å². The zero-order valence-electron chi connectivity index (χ0n) is 11.6. The molecule has 4 nitrogen and oxygen atoms in total. The Morgan fingerprint density at radius 2 is 2.21 bits per heavy atom. The third-order valence-corrected chi connectivity index (χ3v) is 2.77. The summed E-state index contributed by atoms with van der Waals surface area (Å²) in [5.41, 5.74) is 6.39. The summed E-state index contributed by atoms with van der Waals surface area (Å²) in [6.07, 6.45) is 0. The summed E-state index contributed by atoms with van der Waals surface area (Å²) in [7, 11) is 1.52. The molecule has 3 N–H and O–H groups in total. The Labute approximate surface area is 114 Å². The van der Waals surface area contributed by atoms with Crippen LogP contribution < -0.4 is 11.1 Å². The summed E-state index contributed by atoms with van der Waals surface area (Å²) >= 11 is 0. The molecule has 1 amide bonds. The lowest BCUT2D eigenvalue weighted by atomic mass is 10.1. The molecule has 0 saturated heterocycles. The van der Waals surface area contributed by atoms with E-state index in [0.717, 1.165) is 11.1 Å². The predicted molar refractivity (Wildman–Crippen MR) is 75.3 cm³/mol. The molecule has 0 radical (unpaired) electrons. The molecule has 1 aromatic carbocycles. The van der Waals surface area contributed by atoms with Crippen molar-refractivity contribution >= 4 is 5.91 Å². The molecule has 0 spiro atoms. The third-order valence-electron chi connectivity index (χ3n) is 2.77. The van der Waals surface area contributed by atoms with Gasteiger partial charge in [-0.1, -0.05) is 24.0 Å². The van der Waals surface area contributed by atoms with Crippen molar-refractivity contribution in [1.29, 1.82) is 0 Å². The first-order valence-corrected chi connectivity index (χ1v) is 6.11. The lowest BCUT2D eigenvalue weighted by molar-refractivity contribution is -0.139. The number of hydrogen-bond acceptors (Lipinski definition) is 3. The van der Waals surface area contributed by atoms with Gasteiger partial charge in [-0.15, -0.1) is 0 Å². The summed E-state index contributed by atoms with van der Waals surface area (Å²) < 4.78 is 5.12. The number of methoxy groups -OCH3 is 1. The molecule has 0 fully saturated rings. The van der Waals surface area contributed by atoms with Crippen LogP contribution in [0.5, 0.6) is 0 Å². The average molecular weight is 260 g/mol. The molecular formula is C15H20N2O2. The van der Waals surface area contributed by atoms with Gasteiger partial charge in [0.05, 0.1) is 6.54 Å². The molecule has 0 aromatic heterocycles. The van der Waals surface area contributed by atoms with Gasteiger partial charge in [0, 0.05) is 19.2 Å². The van der Waals surface area contributed by atoms with Crippen LogP contribution in [0.1, 0.15) is 25.0 Å². The summed E-state index contributed by atoms with van der Waals surface area (Å²) in [6, 6.07) is 7.69. The first-order valence-electron chi connectivity index (χ1n) is 6.11. The van der Waals surface area contributed by atoms with Crippen LogP contribution in [-0.2, 0) is 16.1 Å². The van der Waals surface area contributed by atoms with Gasteiger partial charge >= 0.3 is 0 Å². The summed E-state index contributed by atoms with van der Waals surface area (Å²) in [5.74, 6) is 5.62. The van der Waals surface area contributed by atoms with Crippen molar-refractivity contribution in [2.75, 3.05) is 13.7 Å². The maximum Gasteiger partial charge on any atom is 0.251 e. The molecule has 1 aromatic rings. The second kappa shape index (κ2) is 6.93. The van der Waals surface area contributed by atoms with E-state index in [0.29, 0.717) is 13.1 Å². The monoisotopic (exact) mass is 260 g/mol. The zero-order valence-corrected chi connectivity index (χ0v) is 11.6. The first kappa shape index (κ1) is 15.2. The summed E-state index contributed by atoms with van der Waals surface area (Å²) in [5, 5.41) is 2.84. The molecule has 0 atom stereocenters. The normalized spacial score (nSPS) is 10.5. The van der Waals surface area contributed by atoms with E-state index in [9.17, 15) is 4.79 Å². The molecule has 1 rings (SSSR count). The van der Waals surface area contributed by atoms with Crippen molar-refractivity contribution in [2.24, 2.45) is 5.73 Å². The molecule has 0 unspecified atom stereocenters. The van der Waals surface area contributed by atoms with Gasteiger partial charge in [-0.3, -0.25) is 4.79 Å². The van der Waals surface area contributed by atoms with Crippen molar-refractivity contribution in [3.05, 3.63) is 35.4 Å².